The number of rotatable bonds is 6. The average Bonchev–Trinajstić information content (AvgIpc) is 2.66. The Labute approximate surface area is 99.8 Å². The molecule has 0 aromatic rings. The molecule has 0 spiro atoms. The highest BCUT2D eigenvalue weighted by Crippen LogP contribution is 2.16. The van der Waals surface area contributed by atoms with E-state index in [-0.39, 0.29) is 0 Å². The van der Waals surface area contributed by atoms with E-state index < -0.39 is 0 Å². The molecule has 1 heterocycles. The van der Waals surface area contributed by atoms with Gasteiger partial charge in [0, 0.05) is 19.7 Å². The Morgan fingerprint density at radius 1 is 1.47 bits per heavy atom. The average molecular weight is 231 g/mol. The Morgan fingerprint density at radius 3 is 2.67 bits per heavy atom. The van der Waals surface area contributed by atoms with Gasteiger partial charge in [0.05, 0.1) is 6.10 Å². The van der Waals surface area contributed by atoms with Crippen molar-refractivity contribution in [3.63, 3.8) is 0 Å². The van der Waals surface area contributed by atoms with Crippen LogP contribution >= 0.6 is 12.6 Å². The monoisotopic (exact) mass is 231 g/mol. The summed E-state index contributed by atoms with van der Waals surface area (Å²) >= 11 is 4.42. The molecule has 0 N–H and O–H groups in total. The Bertz CT molecular complexity index is 169. The lowest BCUT2D eigenvalue weighted by molar-refractivity contribution is 0.0754. The predicted molar refractivity (Wildman–Crippen MR) is 68.7 cm³/mol. The summed E-state index contributed by atoms with van der Waals surface area (Å²) in [5, 5.41) is 0. The molecule has 1 fully saturated rings. The SMILES string of the molecule is CC(C)C(CS)CN(C)CC1CCCO1. The van der Waals surface area contributed by atoms with E-state index in [4.69, 9.17) is 4.74 Å². The van der Waals surface area contributed by atoms with Crippen LogP contribution in [0, 0.1) is 11.8 Å². The van der Waals surface area contributed by atoms with Crippen molar-refractivity contribution in [2.24, 2.45) is 11.8 Å². The molecule has 1 aliphatic rings. The standard InChI is InChI=1S/C12H25NOS/c1-10(2)11(9-15)7-13(3)8-12-5-4-6-14-12/h10-12,15H,4-9H2,1-3H3. The number of ether oxygens (including phenoxy) is 1. The molecule has 2 atom stereocenters. The number of likely N-dealkylation sites (N-methyl/N-ethyl adjacent to an activating group) is 1. The zero-order chi connectivity index (χ0) is 11.3. The summed E-state index contributed by atoms with van der Waals surface area (Å²) in [6.07, 6.45) is 2.94. The first kappa shape index (κ1) is 13.3. The second kappa shape index (κ2) is 6.77. The van der Waals surface area contributed by atoms with Gasteiger partial charge in [-0.2, -0.15) is 12.6 Å². The maximum Gasteiger partial charge on any atom is 0.0702 e. The van der Waals surface area contributed by atoms with E-state index in [1.165, 1.54) is 12.8 Å². The molecule has 0 aromatic carbocycles. The number of hydrogen-bond donors (Lipinski definition) is 1. The van der Waals surface area contributed by atoms with Crippen LogP contribution in [-0.4, -0.2) is 43.5 Å². The molecule has 1 saturated heterocycles. The minimum Gasteiger partial charge on any atom is -0.377 e. The van der Waals surface area contributed by atoms with Gasteiger partial charge >= 0.3 is 0 Å². The van der Waals surface area contributed by atoms with Gasteiger partial charge in [-0.3, -0.25) is 0 Å². The first-order valence-electron chi connectivity index (χ1n) is 6.04. The fourth-order valence-electron chi connectivity index (χ4n) is 2.09. The molecule has 0 amide bonds. The van der Waals surface area contributed by atoms with Gasteiger partial charge in [0.25, 0.3) is 0 Å². The van der Waals surface area contributed by atoms with Crippen molar-refractivity contribution in [1.82, 2.24) is 4.90 Å². The normalized spacial score (nSPS) is 24.0. The van der Waals surface area contributed by atoms with E-state index in [2.05, 4.69) is 38.4 Å². The van der Waals surface area contributed by atoms with Gasteiger partial charge < -0.3 is 9.64 Å². The minimum absolute atomic E-state index is 0.475. The smallest absolute Gasteiger partial charge is 0.0702 e. The maximum atomic E-state index is 5.64. The van der Waals surface area contributed by atoms with Gasteiger partial charge in [0.2, 0.25) is 0 Å². The van der Waals surface area contributed by atoms with Crippen LogP contribution < -0.4 is 0 Å². The number of nitrogens with zero attached hydrogens (tertiary/aromatic N) is 1. The Morgan fingerprint density at radius 2 is 2.20 bits per heavy atom. The van der Waals surface area contributed by atoms with Crippen LogP contribution in [0.4, 0.5) is 0 Å². The van der Waals surface area contributed by atoms with E-state index in [9.17, 15) is 0 Å². The highest BCUT2D eigenvalue weighted by molar-refractivity contribution is 7.80. The summed E-state index contributed by atoms with van der Waals surface area (Å²) in [6, 6.07) is 0. The minimum atomic E-state index is 0.475. The third-order valence-corrected chi connectivity index (χ3v) is 3.73. The summed E-state index contributed by atoms with van der Waals surface area (Å²) in [5.41, 5.74) is 0. The zero-order valence-corrected chi connectivity index (χ0v) is 11.2. The molecule has 0 aromatic heterocycles. The van der Waals surface area contributed by atoms with Crippen LogP contribution in [0.5, 0.6) is 0 Å². The van der Waals surface area contributed by atoms with Crippen LogP contribution in [0.3, 0.4) is 0 Å². The molecule has 90 valence electrons. The lowest BCUT2D eigenvalue weighted by atomic mass is 9.97. The van der Waals surface area contributed by atoms with E-state index in [0.29, 0.717) is 12.0 Å². The van der Waals surface area contributed by atoms with Crippen molar-refractivity contribution in [2.45, 2.75) is 32.8 Å². The lowest BCUT2D eigenvalue weighted by Crippen LogP contribution is -2.35. The van der Waals surface area contributed by atoms with Gasteiger partial charge in [-0.05, 0) is 37.5 Å². The van der Waals surface area contributed by atoms with Gasteiger partial charge in [-0.1, -0.05) is 13.8 Å². The number of hydrogen-bond acceptors (Lipinski definition) is 3. The molecular weight excluding hydrogens is 206 g/mol. The second-order valence-electron chi connectivity index (χ2n) is 5.04. The van der Waals surface area contributed by atoms with Crippen LogP contribution in [0.25, 0.3) is 0 Å². The topological polar surface area (TPSA) is 12.5 Å². The summed E-state index contributed by atoms with van der Waals surface area (Å²) in [7, 11) is 2.19. The van der Waals surface area contributed by atoms with Crippen molar-refractivity contribution < 1.29 is 4.74 Å². The van der Waals surface area contributed by atoms with Gasteiger partial charge in [-0.15, -0.1) is 0 Å². The molecule has 1 aliphatic heterocycles. The molecule has 1 rings (SSSR count). The first-order valence-corrected chi connectivity index (χ1v) is 6.67. The third-order valence-electron chi connectivity index (χ3n) is 3.26. The summed E-state index contributed by atoms with van der Waals surface area (Å²) in [6.45, 7) is 7.73. The van der Waals surface area contributed by atoms with Crippen LogP contribution in [-0.2, 0) is 4.74 Å². The van der Waals surface area contributed by atoms with E-state index in [1.54, 1.807) is 0 Å². The van der Waals surface area contributed by atoms with Crippen LogP contribution in [0.1, 0.15) is 26.7 Å². The summed E-state index contributed by atoms with van der Waals surface area (Å²) in [5.74, 6) is 2.39. The maximum absolute atomic E-state index is 5.64. The predicted octanol–water partition coefficient (Wildman–Crippen LogP) is 2.30. The van der Waals surface area contributed by atoms with Crippen LogP contribution in [0.15, 0.2) is 0 Å². The van der Waals surface area contributed by atoms with Gasteiger partial charge in [-0.25, -0.2) is 0 Å². The fraction of sp³-hybridized carbons (Fsp3) is 1.00. The van der Waals surface area contributed by atoms with Crippen LogP contribution in [0.2, 0.25) is 0 Å². The second-order valence-corrected chi connectivity index (χ2v) is 5.41. The molecule has 0 aliphatic carbocycles. The van der Waals surface area contributed by atoms with E-state index in [0.717, 1.165) is 31.4 Å². The van der Waals surface area contributed by atoms with Crippen molar-refractivity contribution in [1.29, 1.82) is 0 Å². The summed E-state index contributed by atoms with van der Waals surface area (Å²) in [4.78, 5) is 2.40. The lowest BCUT2D eigenvalue weighted by Gasteiger charge is -2.27. The van der Waals surface area contributed by atoms with Gasteiger partial charge in [0.15, 0.2) is 0 Å². The van der Waals surface area contributed by atoms with Crippen molar-refractivity contribution in [3.05, 3.63) is 0 Å². The van der Waals surface area contributed by atoms with E-state index >= 15 is 0 Å². The Kier molecular flexibility index (Phi) is 6.02. The van der Waals surface area contributed by atoms with Crippen molar-refractivity contribution in [3.8, 4) is 0 Å². The molecule has 0 saturated carbocycles. The molecule has 2 nitrogen and oxygen atoms in total. The summed E-state index contributed by atoms with van der Waals surface area (Å²) < 4.78 is 5.64. The van der Waals surface area contributed by atoms with Crippen molar-refractivity contribution in [2.75, 3.05) is 32.5 Å². The largest absolute Gasteiger partial charge is 0.377 e. The highest BCUT2D eigenvalue weighted by Gasteiger charge is 2.20. The molecule has 2 unspecified atom stereocenters. The zero-order valence-electron chi connectivity index (χ0n) is 10.3. The Hall–Kier alpha value is 0.270. The molecule has 15 heavy (non-hydrogen) atoms. The van der Waals surface area contributed by atoms with Gasteiger partial charge in [0.1, 0.15) is 0 Å². The van der Waals surface area contributed by atoms with E-state index in [1.807, 2.05) is 0 Å². The third kappa shape index (κ3) is 4.75. The van der Waals surface area contributed by atoms with Crippen molar-refractivity contribution >= 4 is 12.6 Å². The first-order chi connectivity index (χ1) is 7.13. The molecule has 3 heteroatoms. The Balaban J connectivity index is 2.23. The quantitative estimate of drug-likeness (QED) is 0.704. The number of thiol groups is 1. The molecule has 0 bridgehead atoms. The fourth-order valence-corrected chi connectivity index (χ4v) is 2.63. The highest BCUT2D eigenvalue weighted by atomic mass is 32.1. The molecular formula is C12H25NOS. The molecule has 0 radical (unpaired) electrons.